The van der Waals surface area contributed by atoms with Gasteiger partial charge in [-0.15, -0.1) is 0 Å². The largest absolute Gasteiger partial charge is 0.393 e. The Kier molecular flexibility index (Phi) is 4.41. The zero-order valence-corrected chi connectivity index (χ0v) is 20.1. The average Bonchev–Trinajstić information content (AvgIpc) is 2.92. The third-order valence-electron chi connectivity index (χ3n) is 7.67. The normalized spacial score (nSPS) is 27.9. The van der Waals surface area contributed by atoms with Gasteiger partial charge in [-0.05, 0) is 35.3 Å². The summed E-state index contributed by atoms with van der Waals surface area (Å²) in [5.74, 6) is 0.591. The van der Waals surface area contributed by atoms with E-state index in [4.69, 9.17) is 8.85 Å². The number of hydrogen-bond acceptors (Lipinski definition) is 2. The van der Waals surface area contributed by atoms with Crippen molar-refractivity contribution in [1.82, 2.24) is 0 Å². The van der Waals surface area contributed by atoms with Crippen molar-refractivity contribution in [2.24, 2.45) is 11.3 Å². The first-order valence-electron chi connectivity index (χ1n) is 10.9. The highest BCUT2D eigenvalue weighted by atomic mass is 28.4. The topological polar surface area (TPSA) is 18.5 Å². The Morgan fingerprint density at radius 3 is 2.07 bits per heavy atom. The minimum atomic E-state index is -2.35. The molecule has 2 aliphatic carbocycles. The Morgan fingerprint density at radius 1 is 0.929 bits per heavy atom. The van der Waals surface area contributed by atoms with E-state index in [0.717, 1.165) is 19.6 Å². The van der Waals surface area contributed by atoms with Crippen molar-refractivity contribution in [3.8, 4) is 0 Å². The van der Waals surface area contributed by atoms with Crippen LogP contribution in [0.15, 0.2) is 29.8 Å². The second-order valence-electron chi connectivity index (χ2n) is 12.2. The molecule has 0 amide bonds. The van der Waals surface area contributed by atoms with Gasteiger partial charge in [0.05, 0.1) is 0 Å². The maximum absolute atomic E-state index is 6.87. The molecule has 1 aliphatic heterocycles. The molecule has 1 atom stereocenters. The molecule has 0 bridgehead atoms. The first-order valence-corrected chi connectivity index (χ1v) is 12.7. The zero-order chi connectivity index (χ0) is 20.6. The van der Waals surface area contributed by atoms with Gasteiger partial charge in [-0.2, -0.15) is 0 Å². The SMILES string of the molecule is CC1(C)c2ccccc2C=C2CC3(CO[Si](C(C)(C)C)(C(C)(C)C)OC3)CC21. The van der Waals surface area contributed by atoms with Crippen LogP contribution < -0.4 is 0 Å². The van der Waals surface area contributed by atoms with Gasteiger partial charge in [0.25, 0.3) is 0 Å². The highest BCUT2D eigenvalue weighted by molar-refractivity contribution is 6.73. The number of benzene rings is 1. The van der Waals surface area contributed by atoms with E-state index < -0.39 is 8.56 Å². The van der Waals surface area contributed by atoms with Crippen LogP contribution >= 0.6 is 0 Å². The molecule has 28 heavy (non-hydrogen) atoms. The van der Waals surface area contributed by atoms with Gasteiger partial charge in [-0.25, -0.2) is 0 Å². The van der Waals surface area contributed by atoms with Crippen molar-refractivity contribution in [1.29, 1.82) is 0 Å². The number of rotatable bonds is 0. The predicted octanol–water partition coefficient (Wildman–Crippen LogP) is 6.85. The van der Waals surface area contributed by atoms with Crippen LogP contribution in [0.2, 0.25) is 10.1 Å². The Morgan fingerprint density at radius 2 is 1.50 bits per heavy atom. The Balaban J connectivity index is 1.63. The molecule has 3 aliphatic rings. The molecule has 1 saturated carbocycles. The van der Waals surface area contributed by atoms with Crippen LogP contribution in [0.1, 0.15) is 79.4 Å². The van der Waals surface area contributed by atoms with Gasteiger partial charge in [0, 0.05) is 28.7 Å². The molecule has 0 N–H and O–H groups in total. The summed E-state index contributed by atoms with van der Waals surface area (Å²) in [6.07, 6.45) is 4.76. The molecule has 154 valence electrons. The van der Waals surface area contributed by atoms with Crippen molar-refractivity contribution in [2.75, 3.05) is 13.2 Å². The number of hydrogen-bond donors (Lipinski definition) is 0. The van der Waals surface area contributed by atoms with Crippen LogP contribution in [0.25, 0.3) is 6.08 Å². The molecule has 1 spiro atoms. The third kappa shape index (κ3) is 2.80. The summed E-state index contributed by atoms with van der Waals surface area (Å²) in [6, 6.07) is 8.94. The van der Waals surface area contributed by atoms with Gasteiger partial charge in [0.1, 0.15) is 0 Å². The second-order valence-corrected chi connectivity index (χ2v) is 17.0. The van der Waals surface area contributed by atoms with Crippen LogP contribution in [0, 0.1) is 11.3 Å². The van der Waals surface area contributed by atoms with E-state index in [1.165, 1.54) is 17.5 Å². The van der Waals surface area contributed by atoms with E-state index in [1.54, 1.807) is 5.57 Å². The summed E-state index contributed by atoms with van der Waals surface area (Å²) in [6.45, 7) is 20.4. The molecule has 2 nitrogen and oxygen atoms in total. The van der Waals surface area contributed by atoms with E-state index in [1.807, 2.05) is 0 Å². The van der Waals surface area contributed by atoms with Crippen LogP contribution in [0.4, 0.5) is 0 Å². The van der Waals surface area contributed by atoms with Crippen molar-refractivity contribution in [3.05, 3.63) is 41.0 Å². The standard InChI is InChI=1S/C25H38O2Si/c1-22(2,3)28(23(4,5)6)26-16-25(17-27-28)14-19-13-18-11-9-10-12-20(18)24(7,8)21(19)15-25/h9-13,21H,14-17H2,1-8H3. The van der Waals surface area contributed by atoms with E-state index in [9.17, 15) is 0 Å². The highest BCUT2D eigenvalue weighted by Gasteiger charge is 2.63. The summed E-state index contributed by atoms with van der Waals surface area (Å²) in [7, 11) is -2.35. The lowest BCUT2D eigenvalue weighted by atomic mass is 9.66. The van der Waals surface area contributed by atoms with Gasteiger partial charge in [0.2, 0.25) is 0 Å². The Bertz CT molecular complexity index is 783. The second kappa shape index (κ2) is 6.06. The lowest BCUT2D eigenvalue weighted by Crippen LogP contribution is -2.63. The first kappa shape index (κ1) is 20.4. The van der Waals surface area contributed by atoms with Crippen LogP contribution in [-0.2, 0) is 14.3 Å². The van der Waals surface area contributed by atoms with Crippen LogP contribution in [-0.4, -0.2) is 21.8 Å². The van der Waals surface area contributed by atoms with Crippen molar-refractivity contribution in [2.45, 2.75) is 83.7 Å². The summed E-state index contributed by atoms with van der Waals surface area (Å²) in [5.41, 5.74) is 4.82. The minimum absolute atomic E-state index is 0.0625. The average molecular weight is 399 g/mol. The van der Waals surface area contributed by atoms with E-state index in [0.29, 0.717) is 5.92 Å². The molecule has 1 aromatic carbocycles. The van der Waals surface area contributed by atoms with E-state index in [-0.39, 0.29) is 20.9 Å². The lowest BCUT2D eigenvalue weighted by Gasteiger charge is -2.54. The minimum Gasteiger partial charge on any atom is -0.393 e. The predicted molar refractivity (Wildman–Crippen MR) is 120 cm³/mol. The third-order valence-corrected chi connectivity index (χ3v) is 12.7. The smallest absolute Gasteiger partial charge is 0.349 e. The Labute approximate surface area is 173 Å². The molecule has 1 unspecified atom stereocenters. The van der Waals surface area contributed by atoms with Gasteiger partial charge in [-0.1, -0.05) is 91.3 Å². The molecular formula is C25H38O2Si. The van der Waals surface area contributed by atoms with Crippen molar-refractivity contribution in [3.63, 3.8) is 0 Å². The monoisotopic (exact) mass is 398 g/mol. The van der Waals surface area contributed by atoms with Gasteiger partial charge < -0.3 is 8.85 Å². The van der Waals surface area contributed by atoms with Crippen molar-refractivity contribution >= 4 is 14.6 Å². The van der Waals surface area contributed by atoms with Gasteiger partial charge in [0.15, 0.2) is 0 Å². The lowest BCUT2D eigenvalue weighted by molar-refractivity contribution is -0.0282. The van der Waals surface area contributed by atoms with Gasteiger partial charge >= 0.3 is 8.56 Å². The number of fused-ring (bicyclic) bond motifs is 2. The highest BCUT2D eigenvalue weighted by Crippen LogP contribution is 2.61. The molecule has 1 saturated heterocycles. The molecule has 3 heteroatoms. The quantitative estimate of drug-likeness (QED) is 0.445. The fourth-order valence-corrected chi connectivity index (χ4v) is 11.5. The molecule has 0 radical (unpaired) electrons. The zero-order valence-electron chi connectivity index (χ0n) is 19.1. The molecule has 1 heterocycles. The molecule has 4 rings (SSSR count). The summed E-state index contributed by atoms with van der Waals surface area (Å²) in [5, 5.41) is 0.125. The van der Waals surface area contributed by atoms with Crippen LogP contribution in [0.5, 0.6) is 0 Å². The maximum Gasteiger partial charge on any atom is 0.349 e. The molecule has 0 aromatic heterocycles. The summed E-state index contributed by atoms with van der Waals surface area (Å²) in [4.78, 5) is 0. The number of allylic oxidation sites excluding steroid dienone is 1. The van der Waals surface area contributed by atoms with Crippen LogP contribution in [0.3, 0.4) is 0 Å². The van der Waals surface area contributed by atoms with E-state index in [2.05, 4.69) is 85.7 Å². The molecule has 2 fully saturated rings. The first-order chi connectivity index (χ1) is 12.8. The summed E-state index contributed by atoms with van der Waals surface area (Å²) < 4.78 is 13.7. The summed E-state index contributed by atoms with van der Waals surface area (Å²) >= 11 is 0. The van der Waals surface area contributed by atoms with E-state index >= 15 is 0 Å². The van der Waals surface area contributed by atoms with Gasteiger partial charge in [-0.3, -0.25) is 0 Å². The molecular weight excluding hydrogens is 360 g/mol. The Hall–Kier alpha value is -0.903. The molecule has 1 aromatic rings. The maximum atomic E-state index is 6.87. The fourth-order valence-electron chi connectivity index (χ4n) is 6.46. The fraction of sp³-hybridized carbons (Fsp3) is 0.680. The van der Waals surface area contributed by atoms with Crippen molar-refractivity contribution < 1.29 is 8.85 Å².